The van der Waals surface area contributed by atoms with Gasteiger partial charge in [-0.1, -0.05) is 45.9 Å². The second-order valence-electron chi connectivity index (χ2n) is 6.96. The van der Waals surface area contributed by atoms with Gasteiger partial charge in [-0.15, -0.1) is 0 Å². The fraction of sp³-hybridized carbons (Fsp3) is 0.300. The van der Waals surface area contributed by atoms with Crippen LogP contribution < -0.4 is 9.64 Å². The summed E-state index contributed by atoms with van der Waals surface area (Å²) in [6.45, 7) is 0. The van der Waals surface area contributed by atoms with Crippen molar-refractivity contribution in [1.82, 2.24) is 0 Å². The minimum Gasteiger partial charge on any atom is -0.497 e. The second-order valence-corrected chi connectivity index (χ2v) is 11.2. The van der Waals surface area contributed by atoms with E-state index in [0.717, 1.165) is 21.5 Å². The smallest absolute Gasteiger partial charge is 0.252 e. The van der Waals surface area contributed by atoms with Crippen molar-refractivity contribution >= 4 is 54.3 Å². The maximum atomic E-state index is 12.6. The maximum Gasteiger partial charge on any atom is 0.252 e. The molecule has 2 aliphatic rings. The molecule has 2 atom stereocenters. The SMILES string of the molecule is COc1ccc(CC(=O)N=C2S[C@H]3CS(=O)(=O)C[C@@H]3N2c2cccc(Br)c2)cc1. The Morgan fingerprint density at radius 3 is 2.69 bits per heavy atom. The second kappa shape index (κ2) is 8.12. The number of halogens is 1. The molecular formula is C20H19BrN2O4S2. The van der Waals surface area contributed by atoms with Crippen LogP contribution >= 0.6 is 27.7 Å². The van der Waals surface area contributed by atoms with Crippen LogP contribution in [-0.4, -0.2) is 49.4 Å². The van der Waals surface area contributed by atoms with Crippen LogP contribution in [0, 0.1) is 0 Å². The van der Waals surface area contributed by atoms with Gasteiger partial charge >= 0.3 is 0 Å². The Morgan fingerprint density at radius 2 is 2.00 bits per heavy atom. The Hall–Kier alpha value is -1.84. The lowest BCUT2D eigenvalue weighted by molar-refractivity contribution is -0.117. The first-order valence-corrected chi connectivity index (χ1v) is 12.5. The van der Waals surface area contributed by atoms with E-state index in [1.807, 2.05) is 53.4 Å². The quantitative estimate of drug-likeness (QED) is 0.648. The number of aliphatic imine (C=N–C) groups is 1. The van der Waals surface area contributed by atoms with E-state index in [1.165, 1.54) is 11.8 Å². The van der Waals surface area contributed by atoms with Gasteiger partial charge in [0.25, 0.3) is 5.91 Å². The molecule has 1 amide bonds. The lowest BCUT2D eigenvalue weighted by Gasteiger charge is -2.24. The molecule has 6 nitrogen and oxygen atoms in total. The Balaban J connectivity index is 1.61. The number of hydrogen-bond acceptors (Lipinski definition) is 5. The number of fused-ring (bicyclic) bond motifs is 1. The third-order valence-corrected chi connectivity index (χ3v) is 8.59. The molecule has 2 fully saturated rings. The van der Waals surface area contributed by atoms with E-state index in [0.29, 0.717) is 5.17 Å². The van der Waals surface area contributed by atoms with Crippen LogP contribution in [0.25, 0.3) is 0 Å². The predicted octanol–water partition coefficient (Wildman–Crippen LogP) is 3.30. The van der Waals surface area contributed by atoms with Crippen LogP contribution in [-0.2, 0) is 21.1 Å². The Kier molecular flexibility index (Phi) is 5.72. The molecule has 29 heavy (non-hydrogen) atoms. The first kappa shape index (κ1) is 20.4. The molecule has 0 N–H and O–H groups in total. The zero-order chi connectivity index (χ0) is 20.6. The molecule has 2 aliphatic heterocycles. The van der Waals surface area contributed by atoms with Crippen molar-refractivity contribution in [2.24, 2.45) is 4.99 Å². The number of anilines is 1. The average molecular weight is 495 g/mol. The summed E-state index contributed by atoms with van der Waals surface area (Å²) in [5, 5.41) is 0.443. The van der Waals surface area contributed by atoms with Gasteiger partial charge in [-0.25, -0.2) is 8.42 Å². The predicted molar refractivity (Wildman–Crippen MR) is 120 cm³/mol. The fourth-order valence-electron chi connectivity index (χ4n) is 3.56. The third-order valence-electron chi connectivity index (χ3n) is 4.89. The fourth-order valence-corrected chi connectivity index (χ4v) is 7.87. The normalized spacial score (nSPS) is 23.9. The number of thioether (sulfide) groups is 1. The molecule has 2 heterocycles. The van der Waals surface area contributed by atoms with Crippen molar-refractivity contribution in [2.45, 2.75) is 17.7 Å². The number of carbonyl (C=O) groups excluding carboxylic acids is 1. The minimum atomic E-state index is -3.09. The van der Waals surface area contributed by atoms with Crippen LogP contribution in [0.4, 0.5) is 5.69 Å². The summed E-state index contributed by atoms with van der Waals surface area (Å²) < 4.78 is 30.3. The molecule has 2 aromatic carbocycles. The van der Waals surface area contributed by atoms with E-state index in [9.17, 15) is 13.2 Å². The van der Waals surface area contributed by atoms with Crippen molar-refractivity contribution in [1.29, 1.82) is 0 Å². The van der Waals surface area contributed by atoms with Gasteiger partial charge < -0.3 is 9.64 Å². The first-order valence-electron chi connectivity index (χ1n) is 9.01. The first-order chi connectivity index (χ1) is 13.8. The van der Waals surface area contributed by atoms with E-state index in [-0.39, 0.29) is 35.1 Å². The molecule has 0 saturated carbocycles. The highest BCUT2D eigenvalue weighted by Crippen LogP contribution is 2.41. The molecule has 0 aliphatic carbocycles. The zero-order valence-electron chi connectivity index (χ0n) is 15.6. The molecular weight excluding hydrogens is 476 g/mol. The van der Waals surface area contributed by atoms with Crippen molar-refractivity contribution < 1.29 is 17.9 Å². The monoisotopic (exact) mass is 494 g/mol. The van der Waals surface area contributed by atoms with E-state index < -0.39 is 9.84 Å². The number of amides is 1. The van der Waals surface area contributed by atoms with E-state index in [1.54, 1.807) is 7.11 Å². The number of hydrogen-bond donors (Lipinski definition) is 0. The standard InChI is InChI=1S/C20H19BrN2O4S2/c1-27-16-7-5-13(6-8-16)9-19(24)22-20-23(15-4-2-3-14(21)10-15)17-11-29(25,26)12-18(17)28-20/h2-8,10,17-18H,9,11-12H2,1H3/t17-,18-/m0/s1. The number of benzene rings is 2. The Labute approximate surface area is 182 Å². The lowest BCUT2D eigenvalue weighted by atomic mass is 10.1. The molecule has 152 valence electrons. The number of rotatable bonds is 4. The summed E-state index contributed by atoms with van der Waals surface area (Å²) in [7, 11) is -1.50. The number of ether oxygens (including phenoxy) is 1. The van der Waals surface area contributed by atoms with Gasteiger partial charge in [-0.3, -0.25) is 4.79 Å². The summed E-state index contributed by atoms with van der Waals surface area (Å²) >= 11 is 4.84. The largest absolute Gasteiger partial charge is 0.497 e. The highest BCUT2D eigenvalue weighted by atomic mass is 79.9. The summed E-state index contributed by atoms with van der Waals surface area (Å²) in [6.07, 6.45) is 0.175. The van der Waals surface area contributed by atoms with Crippen LogP contribution in [0.2, 0.25) is 0 Å². The van der Waals surface area contributed by atoms with Crippen LogP contribution in [0.1, 0.15) is 5.56 Å². The highest BCUT2D eigenvalue weighted by molar-refractivity contribution is 9.10. The Bertz CT molecular complexity index is 1070. The number of sulfone groups is 1. The number of carbonyl (C=O) groups is 1. The van der Waals surface area contributed by atoms with E-state index in [4.69, 9.17) is 4.74 Å². The van der Waals surface area contributed by atoms with Crippen LogP contribution in [0.3, 0.4) is 0 Å². The minimum absolute atomic E-state index is 0.0723. The number of methoxy groups -OCH3 is 1. The molecule has 2 saturated heterocycles. The molecule has 0 unspecified atom stereocenters. The highest BCUT2D eigenvalue weighted by Gasteiger charge is 2.49. The number of nitrogens with zero attached hydrogens (tertiary/aromatic N) is 2. The van der Waals surface area contributed by atoms with Crippen LogP contribution in [0.5, 0.6) is 5.75 Å². The molecule has 0 radical (unpaired) electrons. The van der Waals surface area contributed by atoms with E-state index >= 15 is 0 Å². The third kappa shape index (κ3) is 4.51. The Morgan fingerprint density at radius 1 is 1.24 bits per heavy atom. The average Bonchev–Trinajstić information content (AvgIpc) is 3.12. The molecule has 0 bridgehead atoms. The van der Waals surface area contributed by atoms with Gasteiger partial charge in [0.05, 0.1) is 31.1 Å². The van der Waals surface area contributed by atoms with Gasteiger partial charge in [0.1, 0.15) is 5.75 Å². The van der Waals surface area contributed by atoms with Crippen molar-refractivity contribution in [2.75, 3.05) is 23.5 Å². The van der Waals surface area contributed by atoms with Crippen molar-refractivity contribution in [3.8, 4) is 5.75 Å². The lowest BCUT2D eigenvalue weighted by Crippen LogP contribution is -2.37. The molecule has 0 aromatic heterocycles. The molecule has 4 rings (SSSR count). The van der Waals surface area contributed by atoms with Crippen molar-refractivity contribution in [3.05, 3.63) is 58.6 Å². The van der Waals surface area contributed by atoms with Crippen LogP contribution in [0.15, 0.2) is 58.0 Å². The summed E-state index contributed by atoms with van der Waals surface area (Å²) in [6, 6.07) is 14.7. The van der Waals surface area contributed by atoms with Crippen molar-refractivity contribution in [3.63, 3.8) is 0 Å². The van der Waals surface area contributed by atoms with Gasteiger partial charge in [0, 0.05) is 15.4 Å². The topological polar surface area (TPSA) is 76.0 Å². The maximum absolute atomic E-state index is 12.6. The van der Waals surface area contributed by atoms with Gasteiger partial charge in [-0.2, -0.15) is 4.99 Å². The summed E-state index contributed by atoms with van der Waals surface area (Å²) in [5.41, 5.74) is 1.67. The number of amidine groups is 1. The zero-order valence-corrected chi connectivity index (χ0v) is 18.8. The summed E-state index contributed by atoms with van der Waals surface area (Å²) in [5.74, 6) is 0.649. The molecule has 2 aromatic rings. The van der Waals surface area contributed by atoms with Gasteiger partial charge in [-0.05, 0) is 35.9 Å². The van der Waals surface area contributed by atoms with Gasteiger partial charge in [0.15, 0.2) is 15.0 Å². The van der Waals surface area contributed by atoms with E-state index in [2.05, 4.69) is 20.9 Å². The summed E-state index contributed by atoms with van der Waals surface area (Å²) in [4.78, 5) is 18.9. The molecule has 0 spiro atoms. The molecule has 9 heteroatoms. The van der Waals surface area contributed by atoms with Gasteiger partial charge in [0.2, 0.25) is 0 Å².